The van der Waals surface area contributed by atoms with Gasteiger partial charge < -0.3 is 9.64 Å². The summed E-state index contributed by atoms with van der Waals surface area (Å²) >= 11 is 1.76. The van der Waals surface area contributed by atoms with Crippen LogP contribution in [0.2, 0.25) is 0 Å². The van der Waals surface area contributed by atoms with Gasteiger partial charge in [0.05, 0.1) is 20.9 Å². The number of rotatable bonds is 4. The molecule has 5 nitrogen and oxygen atoms in total. The summed E-state index contributed by atoms with van der Waals surface area (Å²) < 4.78 is 6.85. The van der Waals surface area contributed by atoms with Crippen molar-refractivity contribution in [2.24, 2.45) is 5.92 Å². The highest BCUT2D eigenvalue weighted by molar-refractivity contribution is 7.18. The topological polar surface area (TPSA) is 45.7 Å². The summed E-state index contributed by atoms with van der Waals surface area (Å²) in [6.45, 7) is 11.7. The number of aromatic nitrogens is 1. The van der Waals surface area contributed by atoms with Gasteiger partial charge in [0.1, 0.15) is 5.60 Å². The first kappa shape index (κ1) is 21.8. The number of carbonyl (C=O) groups is 1. The number of hydrogen-bond donors (Lipinski definition) is 0. The van der Waals surface area contributed by atoms with Crippen LogP contribution in [0, 0.1) is 5.92 Å². The lowest BCUT2D eigenvalue weighted by Gasteiger charge is -2.33. The Morgan fingerprint density at radius 3 is 2.76 bits per heavy atom. The van der Waals surface area contributed by atoms with Gasteiger partial charge in [-0.15, -0.1) is 11.3 Å². The van der Waals surface area contributed by atoms with Crippen LogP contribution in [0.4, 0.5) is 4.79 Å². The fourth-order valence-corrected chi connectivity index (χ4v) is 4.60. The van der Waals surface area contributed by atoms with E-state index in [0.717, 1.165) is 34.8 Å². The Morgan fingerprint density at radius 2 is 2.10 bits per heavy atom. The minimum atomic E-state index is -0.515. The Morgan fingerprint density at radius 1 is 1.38 bits per heavy atom. The molecule has 0 bridgehead atoms. The second-order valence-corrected chi connectivity index (χ2v) is 10.5. The second-order valence-electron chi connectivity index (χ2n) is 9.42. The molecule has 29 heavy (non-hydrogen) atoms. The van der Waals surface area contributed by atoms with Crippen molar-refractivity contribution in [1.29, 1.82) is 0 Å². The average Bonchev–Trinajstić information content (AvgIpc) is 3.03. The van der Waals surface area contributed by atoms with Crippen LogP contribution in [-0.4, -0.2) is 53.7 Å². The second kappa shape index (κ2) is 8.44. The van der Waals surface area contributed by atoms with E-state index in [2.05, 4.69) is 57.1 Å². The third kappa shape index (κ3) is 5.37. The summed E-state index contributed by atoms with van der Waals surface area (Å²) in [6.07, 6.45) is 2.82. The number of hydrogen-bond acceptors (Lipinski definition) is 5. The van der Waals surface area contributed by atoms with Crippen molar-refractivity contribution in [2.45, 2.75) is 52.6 Å². The first-order valence-electron chi connectivity index (χ1n) is 10.3. The number of benzene rings is 1. The quantitative estimate of drug-likeness (QED) is 0.654. The van der Waals surface area contributed by atoms with Gasteiger partial charge in [-0.25, -0.2) is 9.78 Å². The molecular weight excluding hydrogens is 382 g/mol. The molecule has 1 aliphatic heterocycles. The van der Waals surface area contributed by atoms with Crippen LogP contribution >= 0.6 is 11.3 Å². The maximum Gasteiger partial charge on any atom is 0.414 e. The molecule has 2 heterocycles. The van der Waals surface area contributed by atoms with E-state index in [1.807, 2.05) is 20.8 Å². The molecule has 0 spiro atoms. The van der Waals surface area contributed by atoms with E-state index < -0.39 is 5.60 Å². The monoisotopic (exact) mass is 415 g/mol. The molecule has 2 atom stereocenters. The zero-order valence-electron chi connectivity index (χ0n) is 18.7. The largest absolute Gasteiger partial charge is 0.443 e. The lowest BCUT2D eigenvalue weighted by Crippen LogP contribution is -2.39. The molecule has 0 fully saturated rings. The van der Waals surface area contributed by atoms with Crippen LogP contribution in [0.5, 0.6) is 0 Å². The number of ether oxygens (including phenoxy) is 1. The molecule has 0 aliphatic carbocycles. The molecular formula is C23H33N3O2S. The number of carbonyl (C=O) groups excluding carboxylic acids is 1. The van der Waals surface area contributed by atoms with Gasteiger partial charge in [0.25, 0.3) is 0 Å². The molecule has 2 unspecified atom stereocenters. The number of likely N-dealkylation sites (N-methyl/N-ethyl adjacent to an activating group) is 1. The van der Waals surface area contributed by atoms with Gasteiger partial charge in [-0.3, -0.25) is 4.90 Å². The van der Waals surface area contributed by atoms with Gasteiger partial charge in [-0.1, -0.05) is 26.0 Å². The standard InChI is InChI=1S/C23H33N3O2S/c1-15-8-10-19(26(13-15)22(27)28-23(3,4)5)17-9-11-20-18(12-17)24-21(29-20)16(2)14-25(6)7/h9-12,15-16H,8,13-14H2,1-7H3. The third-order valence-electron chi connectivity index (χ3n) is 4.87. The highest BCUT2D eigenvalue weighted by atomic mass is 32.1. The molecule has 0 saturated carbocycles. The molecule has 0 radical (unpaired) electrons. The predicted octanol–water partition coefficient (Wildman–Crippen LogP) is 5.58. The van der Waals surface area contributed by atoms with Gasteiger partial charge in [0.15, 0.2) is 0 Å². The summed E-state index contributed by atoms with van der Waals surface area (Å²) in [6, 6.07) is 6.33. The molecule has 0 saturated heterocycles. The third-order valence-corrected chi connectivity index (χ3v) is 6.14. The van der Waals surface area contributed by atoms with Crippen molar-refractivity contribution in [1.82, 2.24) is 14.8 Å². The van der Waals surface area contributed by atoms with Gasteiger partial charge >= 0.3 is 6.09 Å². The maximum atomic E-state index is 12.8. The Bertz CT molecular complexity index is 910. The zero-order valence-corrected chi connectivity index (χ0v) is 19.5. The van der Waals surface area contributed by atoms with E-state index in [0.29, 0.717) is 18.4 Å². The molecule has 0 N–H and O–H groups in total. The number of amides is 1. The lowest BCUT2D eigenvalue weighted by molar-refractivity contribution is 0.0327. The smallest absolute Gasteiger partial charge is 0.414 e. The first-order chi connectivity index (χ1) is 13.5. The van der Waals surface area contributed by atoms with Gasteiger partial charge in [-0.05, 0) is 59.3 Å². The summed E-state index contributed by atoms with van der Waals surface area (Å²) in [5.74, 6) is 0.798. The predicted molar refractivity (Wildman–Crippen MR) is 121 cm³/mol. The van der Waals surface area contributed by atoms with Gasteiger partial charge in [0, 0.05) is 24.6 Å². The molecule has 3 rings (SSSR count). The normalized spacial score (nSPS) is 18.8. The molecule has 1 aromatic carbocycles. The fourth-order valence-electron chi connectivity index (χ4n) is 3.61. The Kier molecular flexibility index (Phi) is 6.34. The number of fused-ring (bicyclic) bond motifs is 1. The Labute approximate surface area is 178 Å². The van der Waals surface area contributed by atoms with Gasteiger partial charge in [-0.2, -0.15) is 0 Å². The van der Waals surface area contributed by atoms with Crippen LogP contribution in [0.1, 0.15) is 57.5 Å². The van der Waals surface area contributed by atoms with Crippen molar-refractivity contribution in [2.75, 3.05) is 27.2 Å². The van der Waals surface area contributed by atoms with E-state index in [1.165, 1.54) is 4.70 Å². The number of nitrogens with zero attached hydrogens (tertiary/aromatic N) is 3. The van der Waals surface area contributed by atoms with E-state index in [-0.39, 0.29) is 6.09 Å². The van der Waals surface area contributed by atoms with Crippen LogP contribution in [0.25, 0.3) is 15.9 Å². The summed E-state index contributed by atoms with van der Waals surface area (Å²) in [4.78, 5) is 21.7. The number of allylic oxidation sites excluding steroid dienone is 1. The highest BCUT2D eigenvalue weighted by Crippen LogP contribution is 2.33. The van der Waals surface area contributed by atoms with Gasteiger partial charge in [0.2, 0.25) is 0 Å². The summed E-state index contributed by atoms with van der Waals surface area (Å²) in [5.41, 5.74) is 2.43. The molecule has 2 aromatic rings. The van der Waals surface area contributed by atoms with E-state index >= 15 is 0 Å². The average molecular weight is 416 g/mol. The SMILES string of the molecule is CC1CC=C(c2ccc3sc(C(C)CN(C)C)nc3c2)N(C(=O)OC(C)(C)C)C1. The molecule has 1 aromatic heterocycles. The molecule has 1 amide bonds. The number of thiazole rings is 1. The van der Waals surface area contributed by atoms with E-state index in [1.54, 1.807) is 16.2 Å². The lowest BCUT2D eigenvalue weighted by atomic mass is 9.98. The van der Waals surface area contributed by atoms with Crippen LogP contribution in [0.15, 0.2) is 24.3 Å². The summed E-state index contributed by atoms with van der Waals surface area (Å²) in [5, 5.41) is 1.15. The zero-order chi connectivity index (χ0) is 21.3. The van der Waals surface area contributed by atoms with Crippen molar-refractivity contribution >= 4 is 33.3 Å². The fraction of sp³-hybridized carbons (Fsp3) is 0.565. The van der Waals surface area contributed by atoms with E-state index in [4.69, 9.17) is 9.72 Å². The Balaban J connectivity index is 1.91. The highest BCUT2D eigenvalue weighted by Gasteiger charge is 2.29. The van der Waals surface area contributed by atoms with Crippen molar-refractivity contribution in [3.8, 4) is 0 Å². The first-order valence-corrected chi connectivity index (χ1v) is 11.1. The Hall–Kier alpha value is -1.92. The molecule has 158 valence electrons. The minimum Gasteiger partial charge on any atom is -0.443 e. The molecule has 1 aliphatic rings. The van der Waals surface area contributed by atoms with Crippen molar-refractivity contribution < 1.29 is 9.53 Å². The van der Waals surface area contributed by atoms with E-state index in [9.17, 15) is 4.79 Å². The molecule has 6 heteroatoms. The van der Waals surface area contributed by atoms with Crippen LogP contribution in [0.3, 0.4) is 0 Å². The maximum absolute atomic E-state index is 12.8. The van der Waals surface area contributed by atoms with Crippen molar-refractivity contribution in [3.05, 3.63) is 34.8 Å². The van der Waals surface area contributed by atoms with Crippen LogP contribution < -0.4 is 0 Å². The summed E-state index contributed by atoms with van der Waals surface area (Å²) in [7, 11) is 4.17. The van der Waals surface area contributed by atoms with Crippen LogP contribution in [-0.2, 0) is 4.74 Å². The van der Waals surface area contributed by atoms with Crippen molar-refractivity contribution in [3.63, 3.8) is 0 Å². The minimum absolute atomic E-state index is 0.283.